The van der Waals surface area contributed by atoms with Crippen molar-refractivity contribution in [2.75, 3.05) is 0 Å². The standard InChI is InChI=1S/C13H7Cl2NS2/c14-8-3-4-9(10(15)6-8)11-7-18-13(16-11)12-2-1-5-17-12/h1-7H. The molecule has 1 nitrogen and oxygen atoms in total. The van der Waals surface area contributed by atoms with Crippen molar-refractivity contribution >= 4 is 45.9 Å². The first kappa shape index (κ1) is 12.2. The van der Waals surface area contributed by atoms with E-state index in [-0.39, 0.29) is 0 Å². The summed E-state index contributed by atoms with van der Waals surface area (Å²) in [5.41, 5.74) is 1.81. The molecule has 3 rings (SSSR count). The lowest BCUT2D eigenvalue weighted by Gasteiger charge is -2.00. The van der Waals surface area contributed by atoms with Crippen LogP contribution in [0, 0.1) is 0 Å². The molecule has 0 N–H and O–H groups in total. The molecular formula is C13H7Cl2NS2. The van der Waals surface area contributed by atoms with Gasteiger partial charge in [-0.15, -0.1) is 22.7 Å². The Morgan fingerprint density at radius 2 is 1.94 bits per heavy atom. The maximum atomic E-state index is 6.18. The number of hydrogen-bond donors (Lipinski definition) is 0. The third-order valence-electron chi connectivity index (χ3n) is 2.44. The van der Waals surface area contributed by atoms with Gasteiger partial charge >= 0.3 is 0 Å². The highest BCUT2D eigenvalue weighted by molar-refractivity contribution is 7.20. The number of aromatic nitrogens is 1. The quantitative estimate of drug-likeness (QED) is 0.579. The van der Waals surface area contributed by atoms with E-state index in [9.17, 15) is 0 Å². The van der Waals surface area contributed by atoms with Gasteiger partial charge in [-0.2, -0.15) is 0 Å². The molecule has 3 aromatic rings. The molecule has 0 aliphatic rings. The smallest absolute Gasteiger partial charge is 0.134 e. The Labute approximate surface area is 123 Å². The van der Waals surface area contributed by atoms with E-state index in [2.05, 4.69) is 11.1 Å². The van der Waals surface area contributed by atoms with Gasteiger partial charge in [-0.25, -0.2) is 4.98 Å². The zero-order valence-corrected chi connectivity index (χ0v) is 12.2. The van der Waals surface area contributed by atoms with E-state index in [0.29, 0.717) is 10.0 Å². The highest BCUT2D eigenvalue weighted by Gasteiger charge is 2.10. The molecule has 1 aromatic carbocycles. The lowest BCUT2D eigenvalue weighted by Crippen LogP contribution is -1.80. The normalized spacial score (nSPS) is 10.8. The molecule has 0 saturated carbocycles. The average molecular weight is 312 g/mol. The summed E-state index contributed by atoms with van der Waals surface area (Å²) in [5.74, 6) is 0. The minimum absolute atomic E-state index is 0.630. The van der Waals surface area contributed by atoms with Crippen LogP contribution in [0.1, 0.15) is 0 Å². The lowest BCUT2D eigenvalue weighted by molar-refractivity contribution is 1.41. The second-order valence-electron chi connectivity index (χ2n) is 3.64. The lowest BCUT2D eigenvalue weighted by atomic mass is 10.2. The molecule has 90 valence electrons. The van der Waals surface area contributed by atoms with Crippen LogP contribution in [0.3, 0.4) is 0 Å². The van der Waals surface area contributed by atoms with Gasteiger partial charge in [0.1, 0.15) is 5.01 Å². The van der Waals surface area contributed by atoms with Crippen LogP contribution < -0.4 is 0 Å². The molecule has 0 spiro atoms. The van der Waals surface area contributed by atoms with Crippen LogP contribution >= 0.6 is 45.9 Å². The van der Waals surface area contributed by atoms with Crippen molar-refractivity contribution in [1.82, 2.24) is 4.98 Å². The highest BCUT2D eigenvalue weighted by Crippen LogP contribution is 2.35. The molecule has 0 amide bonds. The summed E-state index contributed by atoms with van der Waals surface area (Å²) in [4.78, 5) is 5.79. The second kappa shape index (κ2) is 5.02. The van der Waals surface area contributed by atoms with Gasteiger partial charge in [0.2, 0.25) is 0 Å². The van der Waals surface area contributed by atoms with E-state index in [1.807, 2.05) is 29.0 Å². The number of benzene rings is 1. The Morgan fingerprint density at radius 1 is 1.06 bits per heavy atom. The van der Waals surface area contributed by atoms with Crippen molar-refractivity contribution in [2.45, 2.75) is 0 Å². The summed E-state index contributed by atoms with van der Waals surface area (Å²) in [7, 11) is 0. The number of thiophene rings is 1. The fraction of sp³-hybridized carbons (Fsp3) is 0. The average Bonchev–Trinajstić information content (AvgIpc) is 2.99. The molecule has 0 bridgehead atoms. The molecule has 0 atom stereocenters. The summed E-state index contributed by atoms with van der Waals surface area (Å²) in [6.45, 7) is 0. The van der Waals surface area contributed by atoms with Gasteiger partial charge in [0, 0.05) is 16.0 Å². The van der Waals surface area contributed by atoms with Crippen LogP contribution in [-0.2, 0) is 0 Å². The van der Waals surface area contributed by atoms with E-state index >= 15 is 0 Å². The topological polar surface area (TPSA) is 12.9 Å². The fourth-order valence-electron chi connectivity index (χ4n) is 1.61. The number of thiazole rings is 1. The first-order chi connectivity index (χ1) is 8.74. The van der Waals surface area contributed by atoms with Gasteiger partial charge in [-0.05, 0) is 29.6 Å². The van der Waals surface area contributed by atoms with Crippen molar-refractivity contribution in [3.63, 3.8) is 0 Å². The number of rotatable bonds is 2. The first-order valence-corrected chi connectivity index (χ1v) is 7.70. The van der Waals surface area contributed by atoms with Crippen molar-refractivity contribution < 1.29 is 0 Å². The number of hydrogen-bond acceptors (Lipinski definition) is 3. The largest absolute Gasteiger partial charge is 0.235 e. The summed E-state index contributed by atoms with van der Waals surface area (Å²) in [5, 5.41) is 6.35. The molecule has 0 saturated heterocycles. The predicted octanol–water partition coefficient (Wildman–Crippen LogP) is 5.85. The molecule has 0 aliphatic heterocycles. The maximum absolute atomic E-state index is 6.18. The van der Waals surface area contributed by atoms with Crippen LogP contribution in [0.15, 0.2) is 41.1 Å². The Hall–Kier alpha value is -0.870. The van der Waals surface area contributed by atoms with Crippen molar-refractivity contribution in [2.24, 2.45) is 0 Å². The number of nitrogens with zero attached hydrogens (tertiary/aromatic N) is 1. The maximum Gasteiger partial charge on any atom is 0.134 e. The third kappa shape index (κ3) is 2.31. The zero-order chi connectivity index (χ0) is 12.5. The van der Waals surface area contributed by atoms with E-state index in [4.69, 9.17) is 23.2 Å². The monoisotopic (exact) mass is 311 g/mol. The van der Waals surface area contributed by atoms with Crippen molar-refractivity contribution in [3.05, 3.63) is 51.1 Å². The highest BCUT2D eigenvalue weighted by atomic mass is 35.5. The van der Waals surface area contributed by atoms with Crippen LogP contribution in [0.4, 0.5) is 0 Å². The molecule has 2 aromatic heterocycles. The van der Waals surface area contributed by atoms with E-state index < -0.39 is 0 Å². The Balaban J connectivity index is 2.03. The van der Waals surface area contributed by atoms with Crippen molar-refractivity contribution in [1.29, 1.82) is 0 Å². The van der Waals surface area contributed by atoms with Crippen LogP contribution in [0.2, 0.25) is 10.0 Å². The minimum atomic E-state index is 0.630. The van der Waals surface area contributed by atoms with Crippen molar-refractivity contribution in [3.8, 4) is 21.1 Å². The van der Waals surface area contributed by atoms with Crippen LogP contribution in [0.5, 0.6) is 0 Å². The molecular weight excluding hydrogens is 305 g/mol. The molecule has 0 unspecified atom stereocenters. The van der Waals surface area contributed by atoms with Gasteiger partial charge < -0.3 is 0 Å². The first-order valence-electron chi connectivity index (χ1n) is 5.19. The molecule has 0 aliphatic carbocycles. The molecule has 2 heterocycles. The SMILES string of the molecule is Clc1ccc(-c2csc(-c3cccs3)n2)c(Cl)c1. The van der Waals surface area contributed by atoms with E-state index in [1.54, 1.807) is 28.7 Å². The van der Waals surface area contributed by atoms with Crippen LogP contribution in [0.25, 0.3) is 21.1 Å². The molecule has 5 heteroatoms. The predicted molar refractivity (Wildman–Crippen MR) is 80.9 cm³/mol. The van der Waals surface area contributed by atoms with Gasteiger partial charge in [-0.3, -0.25) is 0 Å². The van der Waals surface area contributed by atoms with Crippen LogP contribution in [-0.4, -0.2) is 4.98 Å². The Kier molecular flexibility index (Phi) is 3.39. The Bertz CT molecular complexity index is 674. The molecule has 0 fully saturated rings. The molecule has 0 radical (unpaired) electrons. The third-order valence-corrected chi connectivity index (χ3v) is 4.87. The summed E-state index contributed by atoms with van der Waals surface area (Å²) < 4.78 is 0. The molecule has 18 heavy (non-hydrogen) atoms. The Morgan fingerprint density at radius 3 is 2.67 bits per heavy atom. The summed E-state index contributed by atoms with van der Waals surface area (Å²) >= 11 is 15.4. The summed E-state index contributed by atoms with van der Waals surface area (Å²) in [6.07, 6.45) is 0. The van der Waals surface area contributed by atoms with Gasteiger partial charge in [0.15, 0.2) is 0 Å². The fourth-order valence-corrected chi connectivity index (χ4v) is 3.75. The van der Waals surface area contributed by atoms with Gasteiger partial charge in [-0.1, -0.05) is 29.3 Å². The zero-order valence-electron chi connectivity index (χ0n) is 9.06. The van der Waals surface area contributed by atoms with Gasteiger partial charge in [0.25, 0.3) is 0 Å². The second-order valence-corrected chi connectivity index (χ2v) is 6.29. The number of halogens is 2. The summed E-state index contributed by atoms with van der Waals surface area (Å²) in [6, 6.07) is 9.56. The van der Waals surface area contributed by atoms with Gasteiger partial charge in [0.05, 0.1) is 15.6 Å². The van der Waals surface area contributed by atoms with E-state index in [1.165, 1.54) is 4.88 Å². The minimum Gasteiger partial charge on any atom is -0.235 e. The van der Waals surface area contributed by atoms with E-state index in [0.717, 1.165) is 16.3 Å².